The lowest BCUT2D eigenvalue weighted by atomic mass is 10.0. The van der Waals surface area contributed by atoms with Crippen LogP contribution in [0.4, 0.5) is 0 Å². The van der Waals surface area contributed by atoms with Crippen LogP contribution < -0.4 is 11.1 Å². The zero-order valence-corrected chi connectivity index (χ0v) is 8.46. The molecule has 0 saturated heterocycles. The van der Waals surface area contributed by atoms with E-state index in [1.165, 1.54) is 6.92 Å². The summed E-state index contributed by atoms with van der Waals surface area (Å²) in [5.41, 5.74) is 5.12. The first-order valence-electron chi connectivity index (χ1n) is 4.50. The first kappa shape index (κ1) is 11.9. The molecule has 4 heteroatoms. The zero-order valence-electron chi connectivity index (χ0n) is 8.46. The molecule has 0 aromatic heterocycles. The third-order valence-corrected chi connectivity index (χ3v) is 1.75. The molecule has 76 valence electrons. The molecule has 0 saturated carbocycles. The summed E-state index contributed by atoms with van der Waals surface area (Å²) in [6, 6.07) is -0.514. The number of primary amides is 1. The normalized spacial score (nSPS) is 12.6. The van der Waals surface area contributed by atoms with Gasteiger partial charge in [0.05, 0.1) is 0 Å². The number of nitrogens with two attached hydrogens (primary N) is 1. The highest BCUT2D eigenvalue weighted by molar-refractivity contribution is 5.85. The van der Waals surface area contributed by atoms with Crippen LogP contribution in [-0.2, 0) is 9.59 Å². The van der Waals surface area contributed by atoms with E-state index in [0.29, 0.717) is 12.3 Å². The Kier molecular flexibility index (Phi) is 5.11. The molecule has 0 bridgehead atoms. The van der Waals surface area contributed by atoms with Crippen LogP contribution in [0.1, 0.15) is 33.6 Å². The molecule has 2 amide bonds. The molecule has 1 atom stereocenters. The van der Waals surface area contributed by atoms with Crippen molar-refractivity contribution in [2.45, 2.75) is 39.7 Å². The molecule has 0 aromatic rings. The lowest BCUT2D eigenvalue weighted by molar-refractivity contribution is -0.126. The molecule has 0 aliphatic carbocycles. The Labute approximate surface area is 78.9 Å². The molecule has 0 aliphatic rings. The van der Waals surface area contributed by atoms with Crippen molar-refractivity contribution in [3.63, 3.8) is 0 Å². The monoisotopic (exact) mass is 186 g/mol. The van der Waals surface area contributed by atoms with Crippen LogP contribution in [0, 0.1) is 5.92 Å². The predicted molar refractivity (Wildman–Crippen MR) is 50.9 cm³/mol. The third-order valence-electron chi connectivity index (χ3n) is 1.75. The molecule has 0 radical (unpaired) electrons. The smallest absolute Gasteiger partial charge is 0.239 e. The topological polar surface area (TPSA) is 72.2 Å². The highest BCUT2D eigenvalue weighted by Crippen LogP contribution is 2.06. The maximum atomic E-state index is 10.9. The molecule has 4 nitrogen and oxygen atoms in total. The lowest BCUT2D eigenvalue weighted by Crippen LogP contribution is -2.43. The minimum atomic E-state index is -0.514. The Bertz CT molecular complexity index is 190. The van der Waals surface area contributed by atoms with E-state index in [0.717, 1.165) is 6.42 Å². The minimum Gasteiger partial charge on any atom is -0.368 e. The van der Waals surface area contributed by atoms with Crippen molar-refractivity contribution in [1.29, 1.82) is 0 Å². The van der Waals surface area contributed by atoms with Gasteiger partial charge in [-0.1, -0.05) is 13.8 Å². The first-order chi connectivity index (χ1) is 5.93. The highest BCUT2D eigenvalue weighted by Gasteiger charge is 2.15. The van der Waals surface area contributed by atoms with E-state index in [1.54, 1.807) is 0 Å². The van der Waals surface area contributed by atoms with Gasteiger partial charge in [-0.2, -0.15) is 0 Å². The quantitative estimate of drug-likeness (QED) is 0.652. The van der Waals surface area contributed by atoms with Gasteiger partial charge in [-0.05, 0) is 18.8 Å². The van der Waals surface area contributed by atoms with E-state index in [9.17, 15) is 9.59 Å². The predicted octanol–water partition coefficient (Wildman–Crippen LogP) is 0.413. The van der Waals surface area contributed by atoms with Crippen LogP contribution in [0.2, 0.25) is 0 Å². The van der Waals surface area contributed by atoms with Crippen molar-refractivity contribution in [2.24, 2.45) is 11.7 Å². The summed E-state index contributed by atoms with van der Waals surface area (Å²) in [5, 5.41) is 2.52. The van der Waals surface area contributed by atoms with Gasteiger partial charge in [-0.3, -0.25) is 9.59 Å². The standard InChI is InChI=1S/C9H18N2O2/c1-6(2)4-5-8(9(10)13)11-7(3)12/h6,8H,4-5H2,1-3H3,(H2,10,13)(H,11,12)/t8-/m0/s1. The Balaban J connectivity index is 3.95. The van der Waals surface area contributed by atoms with Gasteiger partial charge in [0.25, 0.3) is 0 Å². The van der Waals surface area contributed by atoms with E-state index in [2.05, 4.69) is 19.2 Å². The van der Waals surface area contributed by atoms with Gasteiger partial charge in [0.1, 0.15) is 6.04 Å². The second-order valence-corrected chi connectivity index (χ2v) is 3.63. The molecule has 0 unspecified atom stereocenters. The summed E-state index contributed by atoms with van der Waals surface area (Å²) >= 11 is 0. The van der Waals surface area contributed by atoms with Crippen molar-refractivity contribution in [1.82, 2.24) is 5.32 Å². The van der Waals surface area contributed by atoms with Crippen molar-refractivity contribution < 1.29 is 9.59 Å². The van der Waals surface area contributed by atoms with Crippen LogP contribution in [0.5, 0.6) is 0 Å². The summed E-state index contributed by atoms with van der Waals surface area (Å²) in [6.45, 7) is 5.50. The SMILES string of the molecule is CC(=O)N[C@@H](CCC(C)C)C(N)=O. The highest BCUT2D eigenvalue weighted by atomic mass is 16.2. The van der Waals surface area contributed by atoms with Crippen molar-refractivity contribution in [3.05, 3.63) is 0 Å². The van der Waals surface area contributed by atoms with Crippen LogP contribution in [0.3, 0.4) is 0 Å². The fourth-order valence-corrected chi connectivity index (χ4v) is 1.03. The van der Waals surface area contributed by atoms with Crippen LogP contribution in [-0.4, -0.2) is 17.9 Å². The number of carbonyl (C=O) groups excluding carboxylic acids is 2. The number of amides is 2. The van der Waals surface area contributed by atoms with E-state index in [4.69, 9.17) is 5.73 Å². The van der Waals surface area contributed by atoms with E-state index < -0.39 is 11.9 Å². The fraction of sp³-hybridized carbons (Fsp3) is 0.778. The number of hydrogen-bond acceptors (Lipinski definition) is 2. The van der Waals surface area contributed by atoms with Crippen LogP contribution in [0.25, 0.3) is 0 Å². The van der Waals surface area contributed by atoms with Crippen LogP contribution in [0.15, 0.2) is 0 Å². The second kappa shape index (κ2) is 5.56. The lowest BCUT2D eigenvalue weighted by Gasteiger charge is -2.14. The van der Waals surface area contributed by atoms with Gasteiger partial charge < -0.3 is 11.1 Å². The Morgan fingerprint density at radius 3 is 2.15 bits per heavy atom. The average molecular weight is 186 g/mol. The molecule has 0 rings (SSSR count). The summed E-state index contributed by atoms with van der Waals surface area (Å²) < 4.78 is 0. The number of hydrogen-bond donors (Lipinski definition) is 2. The molecule has 0 spiro atoms. The molecule has 0 aromatic carbocycles. The van der Waals surface area contributed by atoms with Crippen molar-refractivity contribution in [3.8, 4) is 0 Å². The summed E-state index contributed by atoms with van der Waals surface area (Å²) in [7, 11) is 0. The Hall–Kier alpha value is -1.06. The zero-order chi connectivity index (χ0) is 10.4. The maximum absolute atomic E-state index is 10.9. The van der Waals surface area contributed by atoms with E-state index >= 15 is 0 Å². The van der Waals surface area contributed by atoms with Crippen molar-refractivity contribution >= 4 is 11.8 Å². The van der Waals surface area contributed by atoms with Gasteiger partial charge in [-0.15, -0.1) is 0 Å². The molecule has 0 aliphatic heterocycles. The third kappa shape index (κ3) is 6.13. The average Bonchev–Trinajstić information content (AvgIpc) is 1.96. The van der Waals surface area contributed by atoms with Gasteiger partial charge >= 0.3 is 0 Å². The number of carbonyl (C=O) groups is 2. The Morgan fingerprint density at radius 1 is 1.31 bits per heavy atom. The minimum absolute atomic E-state index is 0.215. The molecule has 0 fully saturated rings. The number of rotatable bonds is 5. The first-order valence-corrected chi connectivity index (χ1v) is 4.50. The maximum Gasteiger partial charge on any atom is 0.239 e. The molecule has 13 heavy (non-hydrogen) atoms. The van der Waals surface area contributed by atoms with Gasteiger partial charge in [0.2, 0.25) is 11.8 Å². The second-order valence-electron chi connectivity index (χ2n) is 3.63. The summed E-state index contributed by atoms with van der Waals surface area (Å²) in [4.78, 5) is 21.5. The van der Waals surface area contributed by atoms with Gasteiger partial charge in [-0.25, -0.2) is 0 Å². The van der Waals surface area contributed by atoms with Crippen LogP contribution >= 0.6 is 0 Å². The fourth-order valence-electron chi connectivity index (χ4n) is 1.03. The molecular weight excluding hydrogens is 168 g/mol. The molecular formula is C9H18N2O2. The largest absolute Gasteiger partial charge is 0.368 e. The molecule has 3 N–H and O–H groups in total. The van der Waals surface area contributed by atoms with E-state index in [1.807, 2.05) is 0 Å². The summed E-state index contributed by atoms with van der Waals surface area (Å²) in [5.74, 6) is -0.168. The van der Waals surface area contributed by atoms with Crippen molar-refractivity contribution in [2.75, 3.05) is 0 Å². The van der Waals surface area contributed by atoms with Gasteiger partial charge in [0, 0.05) is 6.92 Å². The number of nitrogens with one attached hydrogen (secondary N) is 1. The Morgan fingerprint density at radius 2 is 1.85 bits per heavy atom. The molecule has 0 heterocycles. The van der Waals surface area contributed by atoms with E-state index in [-0.39, 0.29) is 5.91 Å². The van der Waals surface area contributed by atoms with Gasteiger partial charge in [0.15, 0.2) is 0 Å². The summed E-state index contributed by atoms with van der Waals surface area (Å²) in [6.07, 6.45) is 1.50.